The Morgan fingerprint density at radius 3 is 2.53 bits per heavy atom. The van der Waals surface area contributed by atoms with E-state index in [2.05, 4.69) is 10.6 Å². The van der Waals surface area contributed by atoms with Crippen LogP contribution in [0.5, 0.6) is 5.75 Å². The van der Waals surface area contributed by atoms with Crippen molar-refractivity contribution in [2.24, 2.45) is 5.73 Å². The molecule has 0 saturated carbocycles. The second-order valence-electron chi connectivity index (χ2n) is 8.47. The second-order valence-corrected chi connectivity index (χ2v) is 8.47. The van der Waals surface area contributed by atoms with Gasteiger partial charge in [0.05, 0.1) is 30.7 Å². The number of carbonyl (C=O) groups is 2. The molecule has 8 nitrogen and oxygen atoms in total. The summed E-state index contributed by atoms with van der Waals surface area (Å²) in [5.74, 6) is -0.834. The van der Waals surface area contributed by atoms with E-state index in [4.69, 9.17) is 19.9 Å². The maximum atomic E-state index is 13.9. The van der Waals surface area contributed by atoms with Crippen LogP contribution in [0, 0.1) is 0 Å². The molecule has 0 aromatic heterocycles. The van der Waals surface area contributed by atoms with Crippen molar-refractivity contribution in [2.45, 2.75) is 37.2 Å². The highest BCUT2D eigenvalue weighted by Gasteiger charge is 2.39. The lowest BCUT2D eigenvalue weighted by molar-refractivity contribution is -0.188. The van der Waals surface area contributed by atoms with Crippen LogP contribution in [0.2, 0.25) is 0 Å². The fourth-order valence-electron chi connectivity index (χ4n) is 4.34. The van der Waals surface area contributed by atoms with E-state index < -0.39 is 24.6 Å². The van der Waals surface area contributed by atoms with Crippen molar-refractivity contribution in [2.75, 3.05) is 33.5 Å². The lowest BCUT2D eigenvalue weighted by Gasteiger charge is -2.27. The van der Waals surface area contributed by atoms with Crippen LogP contribution in [-0.4, -0.2) is 63.7 Å². The highest BCUT2D eigenvalue weighted by molar-refractivity contribution is 6.02. The van der Waals surface area contributed by atoms with Crippen LogP contribution in [0.4, 0.5) is 4.39 Å². The van der Waals surface area contributed by atoms with Gasteiger partial charge < -0.3 is 30.6 Å². The van der Waals surface area contributed by atoms with E-state index in [0.717, 1.165) is 5.56 Å². The van der Waals surface area contributed by atoms with Gasteiger partial charge in [0.15, 0.2) is 6.29 Å². The molecule has 1 fully saturated rings. The third-order valence-corrected chi connectivity index (χ3v) is 6.03. The number of alkyl halides is 1. The highest BCUT2D eigenvalue weighted by atomic mass is 19.1. The minimum atomic E-state index is -0.775. The molecule has 1 saturated heterocycles. The first-order valence-electron chi connectivity index (χ1n) is 11.5. The van der Waals surface area contributed by atoms with Gasteiger partial charge in [-0.1, -0.05) is 30.3 Å². The summed E-state index contributed by atoms with van der Waals surface area (Å²) in [6.45, 7) is 0.600. The summed E-state index contributed by atoms with van der Waals surface area (Å²) < 4.78 is 30.8. The van der Waals surface area contributed by atoms with Crippen LogP contribution in [0.3, 0.4) is 0 Å². The Bertz CT molecular complexity index is 1010. The van der Waals surface area contributed by atoms with Gasteiger partial charge in [0, 0.05) is 31.1 Å². The van der Waals surface area contributed by atoms with E-state index in [1.807, 2.05) is 30.3 Å². The molecule has 0 spiro atoms. The van der Waals surface area contributed by atoms with Crippen LogP contribution in [0.25, 0.3) is 0 Å². The number of benzene rings is 2. The van der Waals surface area contributed by atoms with Gasteiger partial charge in [0.25, 0.3) is 11.8 Å². The largest absolute Gasteiger partial charge is 0.486 e. The number of rotatable bonds is 8. The zero-order valence-corrected chi connectivity index (χ0v) is 19.1. The Labute approximate surface area is 197 Å². The molecule has 34 heavy (non-hydrogen) atoms. The van der Waals surface area contributed by atoms with Gasteiger partial charge in [-0.25, -0.2) is 4.39 Å². The first-order chi connectivity index (χ1) is 16.5. The zero-order valence-electron chi connectivity index (χ0n) is 19.1. The summed E-state index contributed by atoms with van der Waals surface area (Å²) in [6.07, 6.45) is 0.183. The summed E-state index contributed by atoms with van der Waals surface area (Å²) in [7, 11) is 1.50. The topological polar surface area (TPSA) is 112 Å². The molecule has 2 aliphatic heterocycles. The number of halogens is 1. The summed E-state index contributed by atoms with van der Waals surface area (Å²) >= 11 is 0. The van der Waals surface area contributed by atoms with Gasteiger partial charge >= 0.3 is 0 Å². The summed E-state index contributed by atoms with van der Waals surface area (Å²) in [6, 6.07) is 12.5. The van der Waals surface area contributed by atoms with Gasteiger partial charge in [0.2, 0.25) is 0 Å². The predicted octanol–water partition coefficient (Wildman–Crippen LogP) is 2.12. The van der Waals surface area contributed by atoms with E-state index in [1.54, 1.807) is 6.07 Å². The first-order valence-corrected chi connectivity index (χ1v) is 11.5. The first kappa shape index (κ1) is 24.1. The third kappa shape index (κ3) is 5.22. The maximum Gasteiger partial charge on any atom is 0.254 e. The summed E-state index contributed by atoms with van der Waals surface area (Å²) in [5.41, 5.74) is 7.75. The summed E-state index contributed by atoms with van der Waals surface area (Å²) in [5, 5.41) is 5.46. The minimum Gasteiger partial charge on any atom is -0.486 e. The van der Waals surface area contributed by atoms with Crippen LogP contribution in [0.15, 0.2) is 42.5 Å². The molecule has 2 heterocycles. The normalized spacial score (nSPS) is 23.6. The lowest BCUT2D eigenvalue weighted by Crippen LogP contribution is -2.41. The minimum absolute atomic E-state index is 0.106. The molecule has 0 unspecified atom stereocenters. The van der Waals surface area contributed by atoms with Gasteiger partial charge in [-0.3, -0.25) is 9.59 Å². The van der Waals surface area contributed by atoms with Crippen LogP contribution in [-0.2, 0) is 9.47 Å². The molecule has 0 aliphatic carbocycles. The van der Waals surface area contributed by atoms with Gasteiger partial charge in [-0.15, -0.1) is 0 Å². The number of carbonyl (C=O) groups excluding carboxylic acids is 2. The number of nitrogens with two attached hydrogens (primary N) is 1. The van der Waals surface area contributed by atoms with Gasteiger partial charge in [-0.05, 0) is 24.1 Å². The number of hydrogen-bond acceptors (Lipinski definition) is 6. The standard InChI is InChI=1S/C25H30FN3O5/c1-28-25(31)19-11-16(24(30)29-9-5-8-21-32-13-17(27)14-33-21)10-18-22(15-6-3-2-4-7-15)20(12-26)34-23(18)19/h2-4,6-7,10-11,17,20-22H,5,8-9,12-14,27H2,1H3,(H,28,31)(H,29,30)/t17-,20-,21-,22+/m1/s1. The molecule has 0 bridgehead atoms. The van der Waals surface area contributed by atoms with Crippen molar-refractivity contribution in [1.82, 2.24) is 10.6 Å². The molecule has 2 aromatic carbocycles. The van der Waals surface area contributed by atoms with Crippen molar-refractivity contribution >= 4 is 11.8 Å². The van der Waals surface area contributed by atoms with E-state index in [1.165, 1.54) is 13.1 Å². The van der Waals surface area contributed by atoms with Crippen LogP contribution < -0.4 is 21.1 Å². The molecule has 2 atom stereocenters. The van der Waals surface area contributed by atoms with Gasteiger partial charge in [0.1, 0.15) is 18.5 Å². The average Bonchev–Trinajstić information content (AvgIpc) is 3.25. The molecule has 182 valence electrons. The van der Waals surface area contributed by atoms with Crippen molar-refractivity contribution < 1.29 is 28.2 Å². The van der Waals surface area contributed by atoms with Crippen molar-refractivity contribution in [3.05, 3.63) is 64.7 Å². The molecule has 4 N–H and O–H groups in total. The molecular weight excluding hydrogens is 441 g/mol. The molecule has 2 aliphatic rings. The smallest absolute Gasteiger partial charge is 0.254 e. The number of amides is 2. The molecule has 4 rings (SSSR count). The summed E-state index contributed by atoms with van der Waals surface area (Å²) in [4.78, 5) is 25.6. The molecular formula is C25H30FN3O5. The number of ether oxygens (including phenoxy) is 3. The number of fused-ring (bicyclic) bond motifs is 1. The van der Waals surface area contributed by atoms with Crippen molar-refractivity contribution in [1.29, 1.82) is 0 Å². The fraction of sp³-hybridized carbons (Fsp3) is 0.440. The molecule has 9 heteroatoms. The van der Waals surface area contributed by atoms with E-state index in [0.29, 0.717) is 49.5 Å². The SMILES string of the molecule is CNC(=O)c1cc(C(=O)NCCC[C@H]2OC[C@H](N)CO2)cc2c1O[C@H](CF)[C@H]2c1ccccc1. The fourth-order valence-corrected chi connectivity index (χ4v) is 4.34. The Morgan fingerprint density at radius 2 is 1.85 bits per heavy atom. The van der Waals surface area contributed by atoms with Crippen molar-refractivity contribution in [3.8, 4) is 5.75 Å². The van der Waals surface area contributed by atoms with E-state index in [9.17, 15) is 14.0 Å². The van der Waals surface area contributed by atoms with E-state index in [-0.39, 0.29) is 23.8 Å². The molecule has 0 radical (unpaired) electrons. The highest BCUT2D eigenvalue weighted by Crippen LogP contribution is 2.45. The molecule has 2 aromatic rings. The zero-order chi connectivity index (χ0) is 24.1. The Morgan fingerprint density at radius 1 is 1.12 bits per heavy atom. The van der Waals surface area contributed by atoms with Crippen molar-refractivity contribution in [3.63, 3.8) is 0 Å². The van der Waals surface area contributed by atoms with Gasteiger partial charge in [-0.2, -0.15) is 0 Å². The Hall–Kier alpha value is -3.01. The number of hydrogen-bond donors (Lipinski definition) is 3. The molecule has 2 amide bonds. The average molecular weight is 472 g/mol. The van der Waals surface area contributed by atoms with Crippen LogP contribution in [0.1, 0.15) is 50.6 Å². The third-order valence-electron chi connectivity index (χ3n) is 6.03. The van der Waals surface area contributed by atoms with Crippen LogP contribution >= 0.6 is 0 Å². The van der Waals surface area contributed by atoms with E-state index >= 15 is 0 Å². The monoisotopic (exact) mass is 471 g/mol. The number of nitrogens with one attached hydrogen (secondary N) is 2. The quantitative estimate of drug-likeness (QED) is 0.509. The Balaban J connectivity index is 1.52. The predicted molar refractivity (Wildman–Crippen MR) is 124 cm³/mol. The second kappa shape index (κ2) is 10.9. The Kier molecular flexibility index (Phi) is 7.77. The maximum absolute atomic E-state index is 13.9. The lowest BCUT2D eigenvalue weighted by atomic mass is 9.86.